The molecule has 4 nitrogen and oxygen atoms in total. The van der Waals surface area contributed by atoms with Crippen molar-refractivity contribution in [1.82, 2.24) is 20.5 Å². The van der Waals surface area contributed by atoms with Gasteiger partial charge in [-0.2, -0.15) is 5.10 Å². The minimum atomic E-state index is 0.281. The van der Waals surface area contributed by atoms with Crippen LogP contribution in [0.3, 0.4) is 0 Å². The van der Waals surface area contributed by atoms with Gasteiger partial charge in [-0.1, -0.05) is 13.3 Å². The van der Waals surface area contributed by atoms with Crippen LogP contribution in [0, 0.1) is 5.92 Å². The molecule has 0 aliphatic heterocycles. The Kier molecular flexibility index (Phi) is 2.82. The molecule has 1 aromatic heterocycles. The molecule has 78 valence electrons. The predicted molar refractivity (Wildman–Crippen MR) is 54.7 cm³/mol. The van der Waals surface area contributed by atoms with Crippen molar-refractivity contribution < 1.29 is 0 Å². The number of hydrogen-bond donors (Lipinski definition) is 2. The molecule has 0 amide bonds. The molecule has 1 aliphatic carbocycles. The van der Waals surface area contributed by atoms with Crippen molar-refractivity contribution in [2.75, 3.05) is 0 Å². The SMILES string of the molecule is CC(NC1CCCC1C)c1ncn[nH]1. The molecule has 4 heteroatoms. The van der Waals surface area contributed by atoms with Crippen molar-refractivity contribution >= 4 is 0 Å². The van der Waals surface area contributed by atoms with Crippen molar-refractivity contribution in [2.45, 2.75) is 45.2 Å². The number of aromatic amines is 1. The highest BCUT2D eigenvalue weighted by atomic mass is 15.2. The van der Waals surface area contributed by atoms with Crippen molar-refractivity contribution in [2.24, 2.45) is 5.92 Å². The van der Waals surface area contributed by atoms with Gasteiger partial charge < -0.3 is 5.32 Å². The number of hydrogen-bond acceptors (Lipinski definition) is 3. The Morgan fingerprint density at radius 1 is 1.57 bits per heavy atom. The number of nitrogens with zero attached hydrogens (tertiary/aromatic N) is 2. The van der Waals surface area contributed by atoms with E-state index in [4.69, 9.17) is 0 Å². The van der Waals surface area contributed by atoms with Gasteiger partial charge in [0, 0.05) is 6.04 Å². The molecule has 0 radical (unpaired) electrons. The van der Waals surface area contributed by atoms with E-state index in [0.717, 1.165) is 11.7 Å². The highest BCUT2D eigenvalue weighted by Crippen LogP contribution is 2.26. The van der Waals surface area contributed by atoms with E-state index in [0.29, 0.717) is 6.04 Å². The largest absolute Gasteiger partial charge is 0.304 e. The average molecular weight is 194 g/mol. The molecule has 1 fully saturated rings. The monoisotopic (exact) mass is 194 g/mol. The number of nitrogens with one attached hydrogen (secondary N) is 2. The van der Waals surface area contributed by atoms with Crippen LogP contribution in [0.25, 0.3) is 0 Å². The number of rotatable bonds is 3. The van der Waals surface area contributed by atoms with Crippen LogP contribution < -0.4 is 5.32 Å². The van der Waals surface area contributed by atoms with Gasteiger partial charge in [-0.05, 0) is 25.7 Å². The summed E-state index contributed by atoms with van der Waals surface area (Å²) in [5.74, 6) is 1.73. The maximum atomic E-state index is 4.15. The first-order chi connectivity index (χ1) is 6.77. The zero-order valence-electron chi connectivity index (χ0n) is 8.83. The fraction of sp³-hybridized carbons (Fsp3) is 0.800. The van der Waals surface area contributed by atoms with Crippen LogP contribution in [0.5, 0.6) is 0 Å². The fourth-order valence-corrected chi connectivity index (χ4v) is 2.22. The highest BCUT2D eigenvalue weighted by molar-refractivity contribution is 4.92. The summed E-state index contributed by atoms with van der Waals surface area (Å²) >= 11 is 0. The van der Waals surface area contributed by atoms with E-state index in [1.807, 2.05) is 0 Å². The normalized spacial score (nSPS) is 29.3. The molecule has 3 unspecified atom stereocenters. The third kappa shape index (κ3) is 1.95. The van der Waals surface area contributed by atoms with E-state index in [9.17, 15) is 0 Å². The molecule has 2 N–H and O–H groups in total. The Morgan fingerprint density at radius 3 is 3.00 bits per heavy atom. The van der Waals surface area contributed by atoms with E-state index >= 15 is 0 Å². The molecule has 1 saturated carbocycles. The molecule has 1 aromatic rings. The van der Waals surface area contributed by atoms with Crippen LogP contribution in [-0.4, -0.2) is 21.2 Å². The van der Waals surface area contributed by atoms with Crippen molar-refractivity contribution in [1.29, 1.82) is 0 Å². The minimum absolute atomic E-state index is 0.281. The summed E-state index contributed by atoms with van der Waals surface area (Å²) in [5.41, 5.74) is 0. The highest BCUT2D eigenvalue weighted by Gasteiger charge is 2.25. The second-order valence-corrected chi connectivity index (χ2v) is 4.27. The van der Waals surface area contributed by atoms with Gasteiger partial charge in [0.2, 0.25) is 0 Å². The summed E-state index contributed by atoms with van der Waals surface area (Å²) in [6.07, 6.45) is 5.55. The van der Waals surface area contributed by atoms with Gasteiger partial charge in [-0.15, -0.1) is 0 Å². The van der Waals surface area contributed by atoms with Gasteiger partial charge >= 0.3 is 0 Å². The standard InChI is InChI=1S/C10H18N4/c1-7-4-3-5-9(7)13-8(2)10-11-6-12-14-10/h6-9,13H,3-5H2,1-2H3,(H,11,12,14). The van der Waals surface area contributed by atoms with Gasteiger partial charge in [0.1, 0.15) is 12.2 Å². The Morgan fingerprint density at radius 2 is 2.43 bits per heavy atom. The molecule has 2 rings (SSSR count). The lowest BCUT2D eigenvalue weighted by atomic mass is 10.1. The van der Waals surface area contributed by atoms with Crippen LogP contribution in [-0.2, 0) is 0 Å². The third-order valence-corrected chi connectivity index (χ3v) is 3.17. The Hall–Kier alpha value is -0.900. The molecule has 0 saturated heterocycles. The molecule has 14 heavy (non-hydrogen) atoms. The predicted octanol–water partition coefficient (Wildman–Crippen LogP) is 1.64. The smallest absolute Gasteiger partial charge is 0.141 e. The molecule has 0 spiro atoms. The fourth-order valence-electron chi connectivity index (χ4n) is 2.22. The van der Waals surface area contributed by atoms with Gasteiger partial charge in [0.25, 0.3) is 0 Å². The molecule has 0 aromatic carbocycles. The topological polar surface area (TPSA) is 53.6 Å². The summed E-state index contributed by atoms with van der Waals surface area (Å²) in [6, 6.07) is 0.929. The Balaban J connectivity index is 1.91. The van der Waals surface area contributed by atoms with E-state index < -0.39 is 0 Å². The van der Waals surface area contributed by atoms with E-state index in [1.165, 1.54) is 19.3 Å². The van der Waals surface area contributed by atoms with Crippen LogP contribution in [0.15, 0.2) is 6.33 Å². The lowest BCUT2D eigenvalue weighted by Gasteiger charge is -2.21. The lowest BCUT2D eigenvalue weighted by molar-refractivity contribution is 0.381. The first-order valence-electron chi connectivity index (χ1n) is 5.38. The number of H-pyrrole nitrogens is 1. The van der Waals surface area contributed by atoms with Crippen molar-refractivity contribution in [3.63, 3.8) is 0 Å². The van der Waals surface area contributed by atoms with E-state index in [2.05, 4.69) is 34.3 Å². The summed E-state index contributed by atoms with van der Waals surface area (Å²) in [4.78, 5) is 4.15. The first-order valence-corrected chi connectivity index (χ1v) is 5.38. The summed E-state index contributed by atoms with van der Waals surface area (Å²) in [6.45, 7) is 4.45. The molecule has 1 heterocycles. The molecular formula is C10H18N4. The summed E-state index contributed by atoms with van der Waals surface area (Å²) in [5, 5.41) is 10.4. The minimum Gasteiger partial charge on any atom is -0.304 e. The van der Waals surface area contributed by atoms with E-state index in [1.54, 1.807) is 6.33 Å². The molecule has 3 atom stereocenters. The van der Waals surface area contributed by atoms with Crippen LogP contribution in [0.4, 0.5) is 0 Å². The maximum absolute atomic E-state index is 4.15. The average Bonchev–Trinajstić information content (AvgIpc) is 2.77. The number of aromatic nitrogens is 3. The van der Waals surface area contributed by atoms with Crippen molar-refractivity contribution in [3.8, 4) is 0 Å². The van der Waals surface area contributed by atoms with Gasteiger partial charge in [-0.3, -0.25) is 5.10 Å². The third-order valence-electron chi connectivity index (χ3n) is 3.17. The molecular weight excluding hydrogens is 176 g/mol. The van der Waals surface area contributed by atoms with Crippen LogP contribution in [0.2, 0.25) is 0 Å². The zero-order chi connectivity index (χ0) is 9.97. The van der Waals surface area contributed by atoms with Crippen LogP contribution >= 0.6 is 0 Å². The van der Waals surface area contributed by atoms with Gasteiger partial charge in [-0.25, -0.2) is 4.98 Å². The lowest BCUT2D eigenvalue weighted by Crippen LogP contribution is -2.33. The first kappa shape index (κ1) is 9.65. The van der Waals surface area contributed by atoms with Gasteiger partial charge in [0.05, 0.1) is 6.04 Å². The Labute approximate surface area is 84.5 Å². The summed E-state index contributed by atoms with van der Waals surface area (Å²) in [7, 11) is 0. The molecule has 0 bridgehead atoms. The maximum Gasteiger partial charge on any atom is 0.141 e. The quantitative estimate of drug-likeness (QED) is 0.769. The second kappa shape index (κ2) is 4.09. The second-order valence-electron chi connectivity index (χ2n) is 4.27. The molecule has 1 aliphatic rings. The Bertz CT molecular complexity index is 270. The zero-order valence-corrected chi connectivity index (χ0v) is 8.83. The van der Waals surface area contributed by atoms with Crippen LogP contribution in [0.1, 0.15) is 45.0 Å². The van der Waals surface area contributed by atoms with E-state index in [-0.39, 0.29) is 6.04 Å². The van der Waals surface area contributed by atoms with Gasteiger partial charge in [0.15, 0.2) is 0 Å². The van der Waals surface area contributed by atoms with Crippen molar-refractivity contribution in [3.05, 3.63) is 12.2 Å². The summed E-state index contributed by atoms with van der Waals surface area (Å²) < 4.78 is 0.